The monoisotopic (exact) mass is 450 g/mol. The van der Waals surface area contributed by atoms with Gasteiger partial charge in [0.2, 0.25) is 5.91 Å². The Hall–Kier alpha value is -3.50. The van der Waals surface area contributed by atoms with E-state index < -0.39 is 5.41 Å². The van der Waals surface area contributed by atoms with Crippen molar-refractivity contribution < 1.29 is 9.53 Å². The molecule has 1 fully saturated rings. The SMILES string of the molecule is CC(C(=O)N1CCOC[C@H](Cc2cccc3cnccc23)C1)(c1ccccc1)c1ccccc1. The molecule has 4 heteroatoms. The molecule has 34 heavy (non-hydrogen) atoms. The molecule has 0 N–H and O–H groups in total. The summed E-state index contributed by atoms with van der Waals surface area (Å²) in [6.45, 7) is 4.54. The minimum Gasteiger partial charge on any atom is -0.379 e. The molecule has 1 atom stereocenters. The smallest absolute Gasteiger partial charge is 0.237 e. The van der Waals surface area contributed by atoms with Crippen LogP contribution in [0.15, 0.2) is 97.3 Å². The van der Waals surface area contributed by atoms with Gasteiger partial charge in [0.1, 0.15) is 0 Å². The van der Waals surface area contributed by atoms with Crippen LogP contribution < -0.4 is 0 Å². The van der Waals surface area contributed by atoms with Gasteiger partial charge in [0, 0.05) is 36.8 Å². The van der Waals surface area contributed by atoms with Gasteiger partial charge in [-0.05, 0) is 41.5 Å². The van der Waals surface area contributed by atoms with Crippen LogP contribution in [0.4, 0.5) is 0 Å². The second-order valence-electron chi connectivity index (χ2n) is 9.27. The highest BCUT2D eigenvalue weighted by molar-refractivity contribution is 5.92. The maximum atomic E-state index is 14.2. The number of hydrogen-bond donors (Lipinski definition) is 0. The minimum atomic E-state index is -0.761. The first kappa shape index (κ1) is 22.3. The molecule has 1 aliphatic heterocycles. The van der Waals surface area contributed by atoms with Crippen molar-refractivity contribution in [1.29, 1.82) is 0 Å². The molecule has 0 aliphatic carbocycles. The van der Waals surface area contributed by atoms with Gasteiger partial charge >= 0.3 is 0 Å². The van der Waals surface area contributed by atoms with Crippen LogP contribution in [0.25, 0.3) is 10.8 Å². The Morgan fingerprint density at radius 3 is 2.38 bits per heavy atom. The first-order valence-corrected chi connectivity index (χ1v) is 12.0. The number of fused-ring (bicyclic) bond motifs is 1. The zero-order chi connectivity index (χ0) is 23.4. The molecule has 1 aliphatic rings. The number of pyridine rings is 1. The number of amides is 1. The van der Waals surface area contributed by atoms with Gasteiger partial charge in [0.15, 0.2) is 0 Å². The van der Waals surface area contributed by atoms with Crippen LogP contribution in [-0.4, -0.2) is 42.1 Å². The highest BCUT2D eigenvalue weighted by Crippen LogP contribution is 2.35. The maximum absolute atomic E-state index is 14.2. The van der Waals surface area contributed by atoms with E-state index in [0.717, 1.165) is 22.9 Å². The molecule has 0 bridgehead atoms. The standard InChI is InChI=1S/C30H30N2O2/c1-30(26-11-4-2-5-12-26,27-13-6-3-7-14-27)29(33)32-17-18-34-22-23(21-32)19-24-9-8-10-25-20-31-16-15-28(24)25/h2-16,20,23H,17-19,21-22H2,1H3/t23-/m1/s1. The average Bonchev–Trinajstić information content (AvgIpc) is 3.14. The topological polar surface area (TPSA) is 42.4 Å². The number of hydrogen-bond acceptors (Lipinski definition) is 3. The lowest BCUT2D eigenvalue weighted by Gasteiger charge is -2.36. The zero-order valence-electron chi connectivity index (χ0n) is 19.6. The molecule has 0 unspecified atom stereocenters. The molecule has 0 radical (unpaired) electrons. The van der Waals surface area contributed by atoms with Gasteiger partial charge in [-0.3, -0.25) is 9.78 Å². The second-order valence-corrected chi connectivity index (χ2v) is 9.27. The number of ether oxygens (including phenoxy) is 1. The number of carbonyl (C=O) groups is 1. The number of nitrogens with zero attached hydrogens (tertiary/aromatic N) is 2. The molecule has 1 saturated heterocycles. The minimum absolute atomic E-state index is 0.127. The Kier molecular flexibility index (Phi) is 6.41. The van der Waals surface area contributed by atoms with Crippen molar-refractivity contribution in [2.45, 2.75) is 18.8 Å². The molecular weight excluding hydrogens is 420 g/mol. The highest BCUT2D eigenvalue weighted by atomic mass is 16.5. The molecule has 172 valence electrons. The van der Waals surface area contributed by atoms with Crippen molar-refractivity contribution in [3.05, 3.63) is 114 Å². The third kappa shape index (κ3) is 4.34. The predicted octanol–water partition coefficient (Wildman–Crippen LogP) is 5.26. The summed E-state index contributed by atoms with van der Waals surface area (Å²) in [5.74, 6) is 0.350. The predicted molar refractivity (Wildman–Crippen MR) is 136 cm³/mol. The van der Waals surface area contributed by atoms with Crippen LogP contribution in [-0.2, 0) is 21.4 Å². The van der Waals surface area contributed by atoms with E-state index in [0.29, 0.717) is 26.3 Å². The Morgan fingerprint density at radius 1 is 0.971 bits per heavy atom. The van der Waals surface area contributed by atoms with E-state index in [1.54, 1.807) is 0 Å². The highest BCUT2D eigenvalue weighted by Gasteiger charge is 2.41. The Morgan fingerprint density at radius 2 is 1.68 bits per heavy atom. The van der Waals surface area contributed by atoms with Gasteiger partial charge in [-0.15, -0.1) is 0 Å². The summed E-state index contributed by atoms with van der Waals surface area (Å²) >= 11 is 0. The normalized spacial score (nSPS) is 16.9. The lowest BCUT2D eigenvalue weighted by atomic mass is 9.75. The summed E-state index contributed by atoms with van der Waals surface area (Å²) < 4.78 is 5.99. The third-order valence-electron chi connectivity index (χ3n) is 7.03. The Balaban J connectivity index is 1.45. The molecule has 0 spiro atoms. The van der Waals surface area contributed by atoms with Crippen LogP contribution in [0, 0.1) is 5.92 Å². The molecule has 3 aromatic carbocycles. The van der Waals surface area contributed by atoms with Crippen molar-refractivity contribution in [1.82, 2.24) is 9.88 Å². The van der Waals surface area contributed by atoms with E-state index in [1.807, 2.05) is 53.7 Å². The van der Waals surface area contributed by atoms with Crippen molar-refractivity contribution in [3.63, 3.8) is 0 Å². The molecule has 5 rings (SSSR count). The lowest BCUT2D eigenvalue weighted by Crippen LogP contribution is -2.48. The lowest BCUT2D eigenvalue weighted by molar-refractivity contribution is -0.135. The van der Waals surface area contributed by atoms with Gasteiger partial charge < -0.3 is 9.64 Å². The number of rotatable bonds is 5. The number of aromatic nitrogens is 1. The number of carbonyl (C=O) groups excluding carboxylic acids is 1. The average molecular weight is 451 g/mol. The van der Waals surface area contributed by atoms with Gasteiger partial charge in [0.05, 0.1) is 18.6 Å². The van der Waals surface area contributed by atoms with E-state index in [2.05, 4.69) is 60.4 Å². The van der Waals surface area contributed by atoms with Crippen LogP contribution in [0.5, 0.6) is 0 Å². The number of benzene rings is 3. The van der Waals surface area contributed by atoms with Crippen LogP contribution in [0.2, 0.25) is 0 Å². The molecule has 4 aromatic rings. The second kappa shape index (κ2) is 9.78. The zero-order valence-corrected chi connectivity index (χ0v) is 19.6. The molecular formula is C30H30N2O2. The van der Waals surface area contributed by atoms with E-state index >= 15 is 0 Å². The summed E-state index contributed by atoms with van der Waals surface area (Å²) in [6.07, 6.45) is 4.61. The van der Waals surface area contributed by atoms with Crippen LogP contribution in [0.3, 0.4) is 0 Å². The fraction of sp³-hybridized carbons (Fsp3) is 0.267. The van der Waals surface area contributed by atoms with E-state index in [1.165, 1.54) is 10.9 Å². The fourth-order valence-corrected chi connectivity index (χ4v) is 5.14. The summed E-state index contributed by atoms with van der Waals surface area (Å²) in [5.41, 5.74) is 2.53. The Bertz CT molecular complexity index is 1210. The van der Waals surface area contributed by atoms with Crippen molar-refractivity contribution in [3.8, 4) is 0 Å². The van der Waals surface area contributed by atoms with E-state index in [9.17, 15) is 4.79 Å². The molecule has 1 aromatic heterocycles. The van der Waals surface area contributed by atoms with Crippen molar-refractivity contribution >= 4 is 16.7 Å². The largest absolute Gasteiger partial charge is 0.379 e. The summed E-state index contributed by atoms with van der Waals surface area (Å²) in [5, 5.41) is 2.36. The van der Waals surface area contributed by atoms with Gasteiger partial charge in [-0.2, -0.15) is 0 Å². The summed E-state index contributed by atoms with van der Waals surface area (Å²) in [4.78, 5) is 20.5. The third-order valence-corrected chi connectivity index (χ3v) is 7.03. The summed E-state index contributed by atoms with van der Waals surface area (Å²) in [7, 11) is 0. The van der Waals surface area contributed by atoms with E-state index in [4.69, 9.17) is 4.74 Å². The van der Waals surface area contributed by atoms with Gasteiger partial charge in [0.25, 0.3) is 0 Å². The van der Waals surface area contributed by atoms with Crippen molar-refractivity contribution in [2.75, 3.05) is 26.3 Å². The van der Waals surface area contributed by atoms with E-state index in [-0.39, 0.29) is 11.8 Å². The van der Waals surface area contributed by atoms with Gasteiger partial charge in [-0.25, -0.2) is 0 Å². The molecule has 1 amide bonds. The van der Waals surface area contributed by atoms with Crippen LogP contribution >= 0.6 is 0 Å². The maximum Gasteiger partial charge on any atom is 0.237 e. The fourth-order valence-electron chi connectivity index (χ4n) is 5.14. The van der Waals surface area contributed by atoms with Crippen LogP contribution in [0.1, 0.15) is 23.6 Å². The summed E-state index contributed by atoms with van der Waals surface area (Å²) in [6, 6.07) is 28.7. The quantitative estimate of drug-likeness (QED) is 0.417. The Labute approximate surface area is 201 Å². The first-order valence-electron chi connectivity index (χ1n) is 12.0. The molecule has 4 nitrogen and oxygen atoms in total. The molecule has 2 heterocycles. The van der Waals surface area contributed by atoms with Gasteiger partial charge in [-0.1, -0.05) is 78.9 Å². The van der Waals surface area contributed by atoms with Crippen molar-refractivity contribution in [2.24, 2.45) is 5.92 Å². The molecule has 0 saturated carbocycles. The first-order chi connectivity index (χ1) is 16.7.